The second-order valence-corrected chi connectivity index (χ2v) is 6.17. The normalized spacial score (nSPS) is 10.9. The van der Waals surface area contributed by atoms with Crippen molar-refractivity contribution in [3.63, 3.8) is 0 Å². The van der Waals surface area contributed by atoms with Gasteiger partial charge in [-0.3, -0.25) is 9.20 Å². The van der Waals surface area contributed by atoms with Crippen molar-refractivity contribution in [2.24, 2.45) is 0 Å². The predicted molar refractivity (Wildman–Crippen MR) is 104 cm³/mol. The second kappa shape index (κ2) is 8.64. The summed E-state index contributed by atoms with van der Waals surface area (Å²) in [7, 11) is 0. The lowest BCUT2D eigenvalue weighted by molar-refractivity contribution is 0.0976. The minimum Gasteiger partial charge on any atom is -0.490 e. The average Bonchev–Trinajstić information content (AvgIpc) is 3.02. The largest absolute Gasteiger partial charge is 0.490 e. The lowest BCUT2D eigenvalue weighted by Gasteiger charge is -2.07. The topological polar surface area (TPSA) is 88.8 Å². The first kappa shape index (κ1) is 18.8. The number of aliphatic hydroxyl groups is 1. The second-order valence-electron chi connectivity index (χ2n) is 6.17. The van der Waals surface area contributed by atoms with Crippen molar-refractivity contribution < 1.29 is 14.6 Å². The Labute approximate surface area is 158 Å². The van der Waals surface area contributed by atoms with Crippen LogP contribution in [0.5, 0.6) is 5.75 Å². The molecule has 7 heteroatoms. The fourth-order valence-electron chi connectivity index (χ4n) is 3.05. The molecule has 0 aliphatic rings. The first-order chi connectivity index (χ1) is 13.1. The number of anilines is 1. The van der Waals surface area contributed by atoms with Crippen molar-refractivity contribution in [2.45, 2.75) is 26.7 Å². The number of ether oxygens (including phenoxy) is 1. The van der Waals surface area contributed by atoms with Crippen LogP contribution in [0.15, 0.2) is 36.7 Å². The van der Waals surface area contributed by atoms with Crippen LogP contribution in [0.25, 0.3) is 5.65 Å². The number of carbonyl (C=O) groups excluding carboxylic acids is 1. The van der Waals surface area contributed by atoms with E-state index in [4.69, 9.17) is 9.84 Å². The molecule has 7 nitrogen and oxygen atoms in total. The Bertz CT molecular complexity index is 936. The van der Waals surface area contributed by atoms with Crippen LogP contribution in [-0.4, -0.2) is 45.0 Å². The standard InChI is InChI=1S/C20H24N4O3/c1-3-27-17-5-4-11-24-19(14(2)23-20(17)24)16(26)7-6-15-8-9-21-18(13-15)22-10-12-25/h4-5,8-9,11,13,25H,3,6-7,10,12H2,1-2H3,(H,21,22). The number of hydrogen-bond acceptors (Lipinski definition) is 6. The van der Waals surface area contributed by atoms with Crippen LogP contribution in [0.4, 0.5) is 5.82 Å². The summed E-state index contributed by atoms with van der Waals surface area (Å²) in [6.45, 7) is 4.80. The van der Waals surface area contributed by atoms with E-state index in [1.54, 1.807) is 6.20 Å². The number of Topliss-reactive ketones (excluding diaryl/α,β-unsaturated/α-hetero) is 1. The van der Waals surface area contributed by atoms with Gasteiger partial charge in [-0.05, 0) is 50.1 Å². The van der Waals surface area contributed by atoms with Crippen molar-refractivity contribution in [1.29, 1.82) is 0 Å². The molecule has 142 valence electrons. The zero-order valence-corrected chi connectivity index (χ0v) is 15.6. The maximum atomic E-state index is 12.9. The Morgan fingerprint density at radius 2 is 2.22 bits per heavy atom. The molecule has 3 aromatic rings. The molecule has 0 fully saturated rings. The number of rotatable bonds is 9. The highest BCUT2D eigenvalue weighted by Crippen LogP contribution is 2.23. The molecule has 0 bridgehead atoms. The minimum atomic E-state index is 0.0373. The number of nitrogens with one attached hydrogen (secondary N) is 1. The molecule has 0 saturated carbocycles. The van der Waals surface area contributed by atoms with Gasteiger partial charge in [-0.15, -0.1) is 0 Å². The van der Waals surface area contributed by atoms with E-state index in [1.807, 2.05) is 48.7 Å². The Hall–Kier alpha value is -2.93. The van der Waals surface area contributed by atoms with Gasteiger partial charge in [-0.2, -0.15) is 0 Å². The van der Waals surface area contributed by atoms with E-state index >= 15 is 0 Å². The molecule has 0 aromatic carbocycles. The maximum absolute atomic E-state index is 12.9. The first-order valence-electron chi connectivity index (χ1n) is 9.07. The molecule has 0 aliphatic carbocycles. The van der Waals surface area contributed by atoms with Crippen LogP contribution in [0.1, 0.15) is 35.1 Å². The Morgan fingerprint density at radius 1 is 1.37 bits per heavy atom. The van der Waals surface area contributed by atoms with Crippen LogP contribution in [0.2, 0.25) is 0 Å². The SMILES string of the molecule is CCOc1cccn2c(C(=O)CCc3ccnc(NCCO)c3)c(C)nc12. The first-order valence-corrected chi connectivity index (χ1v) is 9.07. The van der Waals surface area contributed by atoms with Crippen LogP contribution in [0.3, 0.4) is 0 Å². The molecule has 3 aromatic heterocycles. The maximum Gasteiger partial charge on any atom is 0.181 e. The zero-order chi connectivity index (χ0) is 19.2. The van der Waals surface area contributed by atoms with Gasteiger partial charge in [-0.25, -0.2) is 9.97 Å². The summed E-state index contributed by atoms with van der Waals surface area (Å²) < 4.78 is 7.42. The van der Waals surface area contributed by atoms with Gasteiger partial charge in [0.05, 0.1) is 18.9 Å². The molecule has 3 rings (SSSR count). The minimum absolute atomic E-state index is 0.0373. The predicted octanol–water partition coefficient (Wildman–Crippen LogP) is 2.66. The lowest BCUT2D eigenvalue weighted by atomic mass is 10.1. The summed E-state index contributed by atoms with van der Waals surface area (Å²) >= 11 is 0. The molecule has 3 heterocycles. The van der Waals surface area contributed by atoms with Gasteiger partial charge in [0.1, 0.15) is 11.5 Å². The van der Waals surface area contributed by atoms with Crippen molar-refractivity contribution in [1.82, 2.24) is 14.4 Å². The van der Waals surface area contributed by atoms with E-state index in [-0.39, 0.29) is 12.4 Å². The third-order valence-corrected chi connectivity index (χ3v) is 4.24. The van der Waals surface area contributed by atoms with Crippen LogP contribution >= 0.6 is 0 Å². The quantitative estimate of drug-likeness (QED) is 0.565. The molecular weight excluding hydrogens is 344 g/mol. The highest BCUT2D eigenvalue weighted by molar-refractivity contribution is 5.96. The fraction of sp³-hybridized carbons (Fsp3) is 0.350. The summed E-state index contributed by atoms with van der Waals surface area (Å²) in [4.78, 5) is 21.6. The highest BCUT2D eigenvalue weighted by atomic mass is 16.5. The number of fused-ring (bicyclic) bond motifs is 1. The third kappa shape index (κ3) is 4.25. The van der Waals surface area contributed by atoms with Gasteiger partial charge < -0.3 is 15.2 Å². The summed E-state index contributed by atoms with van der Waals surface area (Å²) in [6, 6.07) is 7.51. The number of aliphatic hydroxyl groups excluding tert-OH is 1. The molecule has 0 atom stereocenters. The molecule has 0 unspecified atom stereocenters. The lowest BCUT2D eigenvalue weighted by Crippen LogP contribution is -2.08. The molecule has 2 N–H and O–H groups in total. The number of hydrogen-bond donors (Lipinski definition) is 2. The fourth-order valence-corrected chi connectivity index (χ4v) is 3.05. The van der Waals surface area contributed by atoms with Crippen LogP contribution < -0.4 is 10.1 Å². The smallest absolute Gasteiger partial charge is 0.181 e. The molecule has 27 heavy (non-hydrogen) atoms. The number of carbonyl (C=O) groups is 1. The Balaban J connectivity index is 1.77. The van der Waals surface area contributed by atoms with Crippen molar-refractivity contribution in [2.75, 3.05) is 25.1 Å². The number of aryl methyl sites for hydroxylation is 2. The molecule has 0 radical (unpaired) electrons. The average molecular weight is 368 g/mol. The van der Waals surface area contributed by atoms with E-state index < -0.39 is 0 Å². The summed E-state index contributed by atoms with van der Waals surface area (Å²) in [5.74, 6) is 1.41. The van der Waals surface area contributed by atoms with Crippen LogP contribution in [-0.2, 0) is 6.42 Å². The van der Waals surface area contributed by atoms with E-state index in [0.717, 1.165) is 5.56 Å². The van der Waals surface area contributed by atoms with E-state index in [2.05, 4.69) is 15.3 Å². The number of imidazole rings is 1. The summed E-state index contributed by atoms with van der Waals surface area (Å²) in [5, 5.41) is 11.9. The number of aromatic nitrogens is 3. The Morgan fingerprint density at radius 3 is 3.00 bits per heavy atom. The van der Waals surface area contributed by atoms with E-state index in [0.29, 0.717) is 54.6 Å². The molecule has 0 saturated heterocycles. The summed E-state index contributed by atoms with van der Waals surface area (Å²) in [6.07, 6.45) is 4.52. The third-order valence-electron chi connectivity index (χ3n) is 4.24. The van der Waals surface area contributed by atoms with Gasteiger partial charge in [0, 0.05) is 25.4 Å². The molecule has 0 aliphatic heterocycles. The molecular formula is C20H24N4O3. The molecule has 0 amide bonds. The monoisotopic (exact) mass is 368 g/mol. The molecule has 0 spiro atoms. The summed E-state index contributed by atoms with van der Waals surface area (Å²) in [5.41, 5.74) is 2.98. The van der Waals surface area contributed by atoms with E-state index in [9.17, 15) is 4.79 Å². The number of nitrogens with zero attached hydrogens (tertiary/aromatic N) is 3. The van der Waals surface area contributed by atoms with E-state index in [1.165, 1.54) is 0 Å². The van der Waals surface area contributed by atoms with Crippen molar-refractivity contribution >= 4 is 17.2 Å². The zero-order valence-electron chi connectivity index (χ0n) is 15.6. The van der Waals surface area contributed by atoms with Crippen LogP contribution in [0, 0.1) is 6.92 Å². The van der Waals surface area contributed by atoms with Gasteiger partial charge in [0.2, 0.25) is 0 Å². The van der Waals surface area contributed by atoms with Gasteiger partial charge in [0.25, 0.3) is 0 Å². The van der Waals surface area contributed by atoms with Gasteiger partial charge >= 0.3 is 0 Å². The van der Waals surface area contributed by atoms with Crippen molar-refractivity contribution in [3.05, 3.63) is 53.6 Å². The van der Waals surface area contributed by atoms with Gasteiger partial charge in [0.15, 0.2) is 17.2 Å². The Kier molecular flexibility index (Phi) is 6.03. The van der Waals surface area contributed by atoms with Gasteiger partial charge in [-0.1, -0.05) is 0 Å². The number of ketones is 1. The highest BCUT2D eigenvalue weighted by Gasteiger charge is 2.18. The number of pyridine rings is 2. The van der Waals surface area contributed by atoms with Crippen molar-refractivity contribution in [3.8, 4) is 5.75 Å².